The summed E-state index contributed by atoms with van der Waals surface area (Å²) in [4.78, 5) is 23.7. The van der Waals surface area contributed by atoms with Crippen LogP contribution in [0.2, 0.25) is 10.0 Å². The molecule has 0 aliphatic heterocycles. The summed E-state index contributed by atoms with van der Waals surface area (Å²) in [5.74, 6) is -0.590. The van der Waals surface area contributed by atoms with Gasteiger partial charge in [-0.1, -0.05) is 29.3 Å². The van der Waals surface area contributed by atoms with Crippen LogP contribution in [0.25, 0.3) is 0 Å². The zero-order chi connectivity index (χ0) is 14.7. The summed E-state index contributed by atoms with van der Waals surface area (Å²) in [5.41, 5.74) is 5.04. The fourth-order valence-corrected chi connectivity index (χ4v) is 1.93. The van der Waals surface area contributed by atoms with Crippen LogP contribution >= 0.6 is 23.2 Å². The van der Waals surface area contributed by atoms with E-state index in [1.165, 1.54) is 18.4 Å². The Kier molecular flexibility index (Phi) is 4.32. The summed E-state index contributed by atoms with van der Waals surface area (Å²) in [6.07, 6.45) is 1.39. The summed E-state index contributed by atoms with van der Waals surface area (Å²) >= 11 is 11.7. The molecule has 5 nitrogen and oxygen atoms in total. The van der Waals surface area contributed by atoms with E-state index in [0.29, 0.717) is 11.3 Å². The maximum Gasteiger partial charge on any atom is 0.273 e. The van der Waals surface area contributed by atoms with Crippen LogP contribution in [0, 0.1) is 6.92 Å². The number of benzene rings is 1. The topological polar surface area (TPSA) is 71.3 Å². The van der Waals surface area contributed by atoms with Gasteiger partial charge in [0.2, 0.25) is 0 Å². The quantitative estimate of drug-likeness (QED) is 0.837. The molecule has 0 aliphatic rings. The molecule has 0 radical (unpaired) electrons. The Balaban J connectivity index is 2.04. The molecule has 2 rings (SSSR count). The van der Waals surface area contributed by atoms with Crippen LogP contribution in [0.4, 0.5) is 0 Å². The molecule has 0 saturated carbocycles. The van der Waals surface area contributed by atoms with Crippen molar-refractivity contribution >= 4 is 35.0 Å². The van der Waals surface area contributed by atoms with Gasteiger partial charge in [0.05, 0.1) is 27.4 Å². The third-order valence-electron chi connectivity index (χ3n) is 2.59. The van der Waals surface area contributed by atoms with E-state index in [-0.39, 0.29) is 15.6 Å². The number of carbonyl (C=O) groups excluding carboxylic acids is 2. The largest absolute Gasteiger partial charge is 0.469 e. The average molecular weight is 313 g/mol. The second-order valence-corrected chi connectivity index (χ2v) is 4.69. The van der Waals surface area contributed by atoms with Crippen LogP contribution < -0.4 is 10.9 Å². The molecule has 0 spiro atoms. The zero-order valence-corrected chi connectivity index (χ0v) is 11.9. The van der Waals surface area contributed by atoms with Crippen LogP contribution in [0.15, 0.2) is 34.9 Å². The average Bonchev–Trinajstić information content (AvgIpc) is 2.85. The number of furan rings is 1. The van der Waals surface area contributed by atoms with Crippen LogP contribution in [0.5, 0.6) is 0 Å². The molecule has 0 saturated heterocycles. The zero-order valence-electron chi connectivity index (χ0n) is 10.4. The second kappa shape index (κ2) is 5.98. The van der Waals surface area contributed by atoms with Gasteiger partial charge in [-0.3, -0.25) is 20.4 Å². The molecule has 1 aromatic carbocycles. The number of rotatable bonds is 2. The predicted octanol–water partition coefficient (Wildman–Crippen LogP) is 2.97. The summed E-state index contributed by atoms with van der Waals surface area (Å²) in [7, 11) is 0. The number of carbonyl (C=O) groups is 2. The molecule has 0 atom stereocenters. The highest BCUT2D eigenvalue weighted by Gasteiger charge is 2.15. The number of hydrogen-bond donors (Lipinski definition) is 2. The van der Waals surface area contributed by atoms with E-state index in [2.05, 4.69) is 10.9 Å². The van der Waals surface area contributed by atoms with Crippen molar-refractivity contribution in [1.29, 1.82) is 0 Å². The highest BCUT2D eigenvalue weighted by Crippen LogP contribution is 2.25. The number of halogens is 2. The van der Waals surface area contributed by atoms with Crippen molar-refractivity contribution in [2.75, 3.05) is 0 Å². The minimum absolute atomic E-state index is 0.125. The first-order valence-electron chi connectivity index (χ1n) is 5.59. The van der Waals surface area contributed by atoms with E-state index in [1.54, 1.807) is 19.1 Å². The molecule has 1 aromatic heterocycles. The number of hydrazine groups is 1. The third-order valence-corrected chi connectivity index (χ3v) is 3.41. The summed E-state index contributed by atoms with van der Waals surface area (Å²) in [6.45, 7) is 1.64. The van der Waals surface area contributed by atoms with Crippen molar-refractivity contribution in [3.63, 3.8) is 0 Å². The van der Waals surface area contributed by atoms with Gasteiger partial charge in [0.15, 0.2) is 0 Å². The molecule has 1 heterocycles. The van der Waals surface area contributed by atoms with Crippen molar-refractivity contribution in [2.24, 2.45) is 0 Å². The number of hydrogen-bond acceptors (Lipinski definition) is 3. The summed E-state index contributed by atoms with van der Waals surface area (Å²) < 4.78 is 5.00. The minimum atomic E-state index is -0.563. The Morgan fingerprint density at radius 3 is 2.30 bits per heavy atom. The lowest BCUT2D eigenvalue weighted by Crippen LogP contribution is -2.41. The Morgan fingerprint density at radius 1 is 1.05 bits per heavy atom. The van der Waals surface area contributed by atoms with Crippen molar-refractivity contribution < 1.29 is 14.0 Å². The third kappa shape index (κ3) is 2.95. The van der Waals surface area contributed by atoms with Crippen molar-refractivity contribution in [3.05, 3.63) is 57.5 Å². The monoisotopic (exact) mass is 312 g/mol. The lowest BCUT2D eigenvalue weighted by Gasteiger charge is -2.08. The van der Waals surface area contributed by atoms with Gasteiger partial charge in [-0.2, -0.15) is 0 Å². The smallest absolute Gasteiger partial charge is 0.273 e. The maximum atomic E-state index is 11.9. The maximum absolute atomic E-state index is 11.9. The first-order chi connectivity index (χ1) is 9.50. The SMILES string of the molecule is Cc1occc1C(=O)NNC(=O)c1cccc(Cl)c1Cl. The molecule has 7 heteroatoms. The number of amides is 2. The van der Waals surface area contributed by atoms with Crippen LogP contribution in [-0.4, -0.2) is 11.8 Å². The van der Waals surface area contributed by atoms with Crippen LogP contribution in [0.3, 0.4) is 0 Å². The Hall–Kier alpha value is -1.98. The van der Waals surface area contributed by atoms with Gasteiger partial charge in [0.25, 0.3) is 11.8 Å². The minimum Gasteiger partial charge on any atom is -0.469 e. The Morgan fingerprint density at radius 2 is 1.70 bits per heavy atom. The molecule has 2 aromatic rings. The molecule has 0 unspecified atom stereocenters. The van der Waals surface area contributed by atoms with Gasteiger partial charge in [-0.05, 0) is 25.1 Å². The lowest BCUT2D eigenvalue weighted by atomic mass is 10.2. The fourth-order valence-electron chi connectivity index (χ4n) is 1.55. The Bertz CT molecular complexity index is 667. The summed E-state index contributed by atoms with van der Waals surface area (Å²) in [6, 6.07) is 6.15. The van der Waals surface area contributed by atoms with E-state index in [0.717, 1.165) is 0 Å². The highest BCUT2D eigenvalue weighted by atomic mass is 35.5. The standard InChI is InChI=1S/C13H10Cl2N2O3/c1-7-8(5-6-20-7)12(18)16-17-13(19)9-3-2-4-10(14)11(9)15/h2-6H,1H3,(H,16,18)(H,17,19). The van der Waals surface area contributed by atoms with E-state index in [4.69, 9.17) is 27.6 Å². The highest BCUT2D eigenvalue weighted by molar-refractivity contribution is 6.43. The second-order valence-electron chi connectivity index (χ2n) is 3.90. The van der Waals surface area contributed by atoms with Gasteiger partial charge in [-0.25, -0.2) is 0 Å². The van der Waals surface area contributed by atoms with Gasteiger partial charge in [-0.15, -0.1) is 0 Å². The van der Waals surface area contributed by atoms with E-state index < -0.39 is 11.8 Å². The summed E-state index contributed by atoms with van der Waals surface area (Å²) in [5, 5.41) is 0.386. The predicted molar refractivity (Wildman–Crippen MR) is 74.8 cm³/mol. The molecule has 0 fully saturated rings. The van der Waals surface area contributed by atoms with E-state index >= 15 is 0 Å². The first kappa shape index (κ1) is 14.4. The fraction of sp³-hybridized carbons (Fsp3) is 0.0769. The number of nitrogens with one attached hydrogen (secondary N) is 2. The molecule has 20 heavy (non-hydrogen) atoms. The first-order valence-corrected chi connectivity index (χ1v) is 6.35. The molecular weight excluding hydrogens is 303 g/mol. The van der Waals surface area contributed by atoms with Gasteiger partial charge in [0.1, 0.15) is 5.76 Å². The van der Waals surface area contributed by atoms with Crippen LogP contribution in [0.1, 0.15) is 26.5 Å². The number of aryl methyl sites for hydroxylation is 1. The molecule has 0 bridgehead atoms. The van der Waals surface area contributed by atoms with Gasteiger partial charge >= 0.3 is 0 Å². The molecule has 2 N–H and O–H groups in total. The lowest BCUT2D eigenvalue weighted by molar-refractivity contribution is 0.0846. The van der Waals surface area contributed by atoms with Crippen molar-refractivity contribution in [1.82, 2.24) is 10.9 Å². The molecule has 2 amide bonds. The van der Waals surface area contributed by atoms with Crippen LogP contribution in [-0.2, 0) is 0 Å². The van der Waals surface area contributed by atoms with E-state index in [9.17, 15) is 9.59 Å². The molecule has 104 valence electrons. The van der Waals surface area contributed by atoms with Gasteiger partial charge < -0.3 is 4.42 Å². The molecule has 0 aliphatic carbocycles. The van der Waals surface area contributed by atoms with Crippen molar-refractivity contribution in [3.8, 4) is 0 Å². The molecular formula is C13H10Cl2N2O3. The van der Waals surface area contributed by atoms with E-state index in [1.807, 2.05) is 0 Å². The van der Waals surface area contributed by atoms with Crippen molar-refractivity contribution in [2.45, 2.75) is 6.92 Å². The van der Waals surface area contributed by atoms with Gasteiger partial charge in [0, 0.05) is 0 Å². The normalized spacial score (nSPS) is 10.2. The Labute approximate surface area is 124 Å².